The van der Waals surface area contributed by atoms with Gasteiger partial charge in [0.05, 0.1) is 0 Å². The Balaban J connectivity index is 1.00. The minimum absolute atomic E-state index is 0.242. The number of aliphatic imine (C=N–C) groups is 2. The lowest BCUT2D eigenvalue weighted by Gasteiger charge is -2.23. The highest BCUT2D eigenvalue weighted by Gasteiger charge is 2.21. The van der Waals surface area contributed by atoms with E-state index in [1.165, 1.54) is 54.6 Å². The first-order valence-corrected chi connectivity index (χ1v) is 18.4. The summed E-state index contributed by atoms with van der Waals surface area (Å²) in [6.07, 6.45) is -0.242. The smallest absolute Gasteiger partial charge is 0.159 e. The molecule has 0 saturated heterocycles. The predicted molar refractivity (Wildman–Crippen MR) is 227 cm³/mol. The maximum Gasteiger partial charge on any atom is 0.159 e. The molecule has 1 aliphatic rings. The van der Waals surface area contributed by atoms with Gasteiger partial charge in [-0.2, -0.15) is 0 Å². The van der Waals surface area contributed by atoms with Crippen molar-refractivity contribution in [3.05, 3.63) is 217 Å². The minimum atomic E-state index is -0.242. The van der Waals surface area contributed by atoms with Gasteiger partial charge in [-0.15, -0.1) is 0 Å². The summed E-state index contributed by atoms with van der Waals surface area (Å²) in [5, 5.41) is 11.3. The number of hydrogen-bond donors (Lipinski definition) is 1. The van der Waals surface area contributed by atoms with Crippen LogP contribution in [0.1, 0.15) is 22.9 Å². The lowest BCUT2D eigenvalue weighted by Crippen LogP contribution is -2.33. The number of nitrogens with zero attached hydrogens (tertiary/aromatic N) is 2. The highest BCUT2D eigenvalue weighted by molar-refractivity contribution is 6.25. The molecule has 0 fully saturated rings. The van der Waals surface area contributed by atoms with E-state index in [0.29, 0.717) is 5.84 Å². The molecule has 9 aromatic carbocycles. The second kappa shape index (κ2) is 13.5. The largest absolute Gasteiger partial charge is 0.344 e. The second-order valence-electron chi connectivity index (χ2n) is 13.8. The summed E-state index contributed by atoms with van der Waals surface area (Å²) in [5.74, 6) is 1.53. The van der Waals surface area contributed by atoms with Gasteiger partial charge in [0.25, 0.3) is 0 Å². The van der Waals surface area contributed by atoms with Crippen LogP contribution in [0.25, 0.3) is 65.7 Å². The Morgan fingerprint density at radius 2 is 0.722 bits per heavy atom. The van der Waals surface area contributed by atoms with Gasteiger partial charge in [0.15, 0.2) is 5.84 Å². The molecule has 1 aliphatic heterocycles. The molecule has 1 unspecified atom stereocenters. The average molecular weight is 690 g/mol. The van der Waals surface area contributed by atoms with Crippen LogP contribution in [-0.4, -0.2) is 11.7 Å². The molecule has 0 spiro atoms. The van der Waals surface area contributed by atoms with Crippen molar-refractivity contribution in [1.82, 2.24) is 5.32 Å². The Morgan fingerprint density at radius 3 is 1.28 bits per heavy atom. The molecule has 1 heterocycles. The van der Waals surface area contributed by atoms with E-state index in [4.69, 9.17) is 9.98 Å². The van der Waals surface area contributed by atoms with Crippen LogP contribution in [-0.2, 0) is 0 Å². The van der Waals surface area contributed by atoms with Crippen LogP contribution < -0.4 is 5.32 Å². The van der Waals surface area contributed by atoms with Gasteiger partial charge in [-0.3, -0.25) is 0 Å². The van der Waals surface area contributed by atoms with Crippen LogP contribution >= 0.6 is 0 Å². The van der Waals surface area contributed by atoms with Gasteiger partial charge in [0.1, 0.15) is 12.0 Å². The first-order chi connectivity index (χ1) is 26.7. The fourth-order valence-electron chi connectivity index (χ4n) is 7.81. The summed E-state index contributed by atoms with van der Waals surface area (Å²) in [7, 11) is 0. The summed E-state index contributed by atoms with van der Waals surface area (Å²) in [6, 6.07) is 71.3. The Labute approximate surface area is 314 Å². The van der Waals surface area contributed by atoms with E-state index in [1.54, 1.807) is 0 Å². The van der Waals surface area contributed by atoms with E-state index in [2.05, 4.69) is 181 Å². The molecular formula is C51H35N3. The monoisotopic (exact) mass is 689 g/mol. The predicted octanol–water partition coefficient (Wildman–Crippen LogP) is 12.6. The summed E-state index contributed by atoms with van der Waals surface area (Å²) >= 11 is 0. The van der Waals surface area contributed by atoms with Gasteiger partial charge in [-0.1, -0.05) is 176 Å². The summed E-state index contributed by atoms with van der Waals surface area (Å²) in [6.45, 7) is 0. The maximum atomic E-state index is 5.10. The van der Waals surface area contributed by atoms with Crippen molar-refractivity contribution in [2.24, 2.45) is 9.98 Å². The Kier molecular flexibility index (Phi) is 7.88. The summed E-state index contributed by atoms with van der Waals surface area (Å²) in [5.41, 5.74) is 10.1. The quantitative estimate of drug-likeness (QED) is 0.173. The van der Waals surface area contributed by atoms with Gasteiger partial charge in [0, 0.05) is 11.1 Å². The minimum Gasteiger partial charge on any atom is -0.344 e. The summed E-state index contributed by atoms with van der Waals surface area (Å²) < 4.78 is 0. The van der Waals surface area contributed by atoms with Crippen LogP contribution in [0.4, 0.5) is 0 Å². The number of fused-ring (bicyclic) bond motifs is 6. The van der Waals surface area contributed by atoms with E-state index in [9.17, 15) is 0 Å². The highest BCUT2D eigenvalue weighted by atomic mass is 15.2. The zero-order valence-corrected chi connectivity index (χ0v) is 29.5. The van der Waals surface area contributed by atoms with Gasteiger partial charge in [-0.25, -0.2) is 9.98 Å². The number of rotatable bonds is 6. The van der Waals surface area contributed by atoms with Gasteiger partial charge >= 0.3 is 0 Å². The van der Waals surface area contributed by atoms with E-state index in [1.807, 2.05) is 24.3 Å². The molecular weight excluding hydrogens is 655 g/mol. The van der Waals surface area contributed by atoms with Crippen molar-refractivity contribution in [3.63, 3.8) is 0 Å². The Hall–Kier alpha value is -7.10. The molecule has 1 atom stereocenters. The second-order valence-corrected chi connectivity index (χ2v) is 13.8. The van der Waals surface area contributed by atoms with Crippen LogP contribution in [0, 0.1) is 0 Å². The third kappa shape index (κ3) is 5.82. The van der Waals surface area contributed by atoms with Crippen molar-refractivity contribution in [3.8, 4) is 33.4 Å². The fraction of sp³-hybridized carbons (Fsp3) is 0.0196. The molecule has 0 saturated carbocycles. The molecule has 0 bridgehead atoms. The molecule has 3 nitrogen and oxygen atoms in total. The highest BCUT2D eigenvalue weighted by Crippen LogP contribution is 2.38. The SMILES string of the molecule is c1ccc(C2=NC(c3cccc(-c4cccc(-c5cccc(-c6ccc7c8ccccc8c8ccccc8c7c6)c5)c4)c3)=NC(c3ccccc3)N2)cc1. The van der Waals surface area contributed by atoms with Gasteiger partial charge < -0.3 is 5.32 Å². The standard InChI is InChI=1S/C51H35N3/c1-3-14-34(15-4-1)49-52-50(35-16-5-2-6-17-35)54-51(53-49)42-23-13-22-40(32-42)38-20-11-18-36(30-38)37-19-12-21-39(31-37)41-28-29-47-45-26-8-7-24-43(45)44-25-9-10-27-46(44)48(47)33-41/h1-33,49H,(H,52,53,54). The van der Waals surface area contributed by atoms with Crippen LogP contribution in [0.2, 0.25) is 0 Å². The number of benzene rings is 9. The third-order valence-electron chi connectivity index (χ3n) is 10.5. The van der Waals surface area contributed by atoms with E-state index >= 15 is 0 Å². The molecule has 3 heteroatoms. The van der Waals surface area contributed by atoms with E-state index in [-0.39, 0.29) is 6.17 Å². The number of hydrogen-bond acceptors (Lipinski definition) is 3. The first kappa shape index (κ1) is 31.6. The normalized spacial score (nSPS) is 14.1. The molecule has 9 aromatic rings. The average Bonchev–Trinajstić information content (AvgIpc) is 3.27. The zero-order valence-electron chi connectivity index (χ0n) is 29.5. The van der Waals surface area contributed by atoms with Crippen molar-refractivity contribution < 1.29 is 0 Å². The summed E-state index contributed by atoms with van der Waals surface area (Å²) in [4.78, 5) is 10.1. The lowest BCUT2D eigenvalue weighted by atomic mass is 9.91. The maximum absolute atomic E-state index is 5.10. The van der Waals surface area contributed by atoms with Gasteiger partial charge in [-0.05, 0) is 95.5 Å². The number of nitrogens with one attached hydrogen (secondary N) is 1. The van der Waals surface area contributed by atoms with Gasteiger partial charge in [0.2, 0.25) is 0 Å². The van der Waals surface area contributed by atoms with Crippen molar-refractivity contribution in [2.75, 3.05) is 0 Å². The van der Waals surface area contributed by atoms with Crippen molar-refractivity contribution in [2.45, 2.75) is 6.17 Å². The fourth-order valence-corrected chi connectivity index (χ4v) is 7.81. The number of amidine groups is 2. The molecule has 0 aliphatic carbocycles. The molecule has 0 radical (unpaired) electrons. The van der Waals surface area contributed by atoms with E-state index < -0.39 is 0 Å². The van der Waals surface area contributed by atoms with Crippen LogP contribution in [0.3, 0.4) is 0 Å². The van der Waals surface area contributed by atoms with E-state index in [0.717, 1.165) is 33.7 Å². The molecule has 10 rings (SSSR count). The molecule has 54 heavy (non-hydrogen) atoms. The lowest BCUT2D eigenvalue weighted by molar-refractivity contribution is 0.674. The molecule has 1 N–H and O–H groups in total. The Bertz CT molecular complexity index is 2870. The van der Waals surface area contributed by atoms with Crippen molar-refractivity contribution >= 4 is 44.0 Å². The molecule has 254 valence electrons. The zero-order chi connectivity index (χ0) is 35.8. The molecule has 0 aromatic heterocycles. The topological polar surface area (TPSA) is 36.8 Å². The molecule has 0 amide bonds. The Morgan fingerprint density at radius 1 is 0.315 bits per heavy atom. The third-order valence-corrected chi connectivity index (χ3v) is 10.5. The van der Waals surface area contributed by atoms with Crippen LogP contribution in [0.5, 0.6) is 0 Å². The van der Waals surface area contributed by atoms with Crippen molar-refractivity contribution in [1.29, 1.82) is 0 Å². The van der Waals surface area contributed by atoms with Crippen LogP contribution in [0.15, 0.2) is 210 Å². The first-order valence-electron chi connectivity index (χ1n) is 18.4.